The summed E-state index contributed by atoms with van der Waals surface area (Å²) in [4.78, 5) is 36.0. The normalized spacial score (nSPS) is 12.5. The van der Waals surface area contributed by atoms with Crippen molar-refractivity contribution in [2.45, 2.75) is 13.1 Å². The summed E-state index contributed by atoms with van der Waals surface area (Å²) in [6.45, 7) is 1.82. The van der Waals surface area contributed by atoms with Crippen molar-refractivity contribution >= 4 is 41.1 Å². The quantitative estimate of drug-likeness (QED) is 0.241. The summed E-state index contributed by atoms with van der Waals surface area (Å²) in [7, 11) is 0. The highest BCUT2D eigenvalue weighted by atomic mass is 35.5. The smallest absolute Gasteiger partial charge is 0.342 e. The van der Waals surface area contributed by atoms with Crippen molar-refractivity contribution in [1.29, 1.82) is 0 Å². The van der Waals surface area contributed by atoms with E-state index >= 15 is 4.39 Å². The van der Waals surface area contributed by atoms with Gasteiger partial charge in [-0.05, 0) is 55.0 Å². The molecule has 0 spiro atoms. The number of carbonyl (C=O) groups is 2. The summed E-state index contributed by atoms with van der Waals surface area (Å²) in [6.07, 6.45) is -1.71. The maximum atomic E-state index is 15.2. The molecule has 3 aromatic carbocycles. The molecule has 7 nitrogen and oxygen atoms in total. The Bertz CT molecular complexity index is 1650. The van der Waals surface area contributed by atoms with Gasteiger partial charge in [-0.25, -0.2) is 19.2 Å². The number of imidazole rings is 1. The monoisotopic (exact) mass is 541 g/mol. The Balaban J connectivity index is 1.39. The maximum Gasteiger partial charge on any atom is 0.417 e. The Morgan fingerprint density at radius 1 is 0.974 bits per heavy atom. The number of aryl methyl sites for hydroxylation is 1. The minimum absolute atomic E-state index is 0.0535. The van der Waals surface area contributed by atoms with Gasteiger partial charge in [0.2, 0.25) is 0 Å². The first-order valence-corrected chi connectivity index (χ1v) is 11.4. The molecule has 0 aliphatic carbocycles. The van der Waals surface area contributed by atoms with Gasteiger partial charge >= 0.3 is 12.2 Å². The summed E-state index contributed by atoms with van der Waals surface area (Å²) in [6, 6.07) is 9.22. The number of nitrogens with one attached hydrogen (secondary N) is 3. The van der Waals surface area contributed by atoms with Crippen LogP contribution in [-0.2, 0) is 6.18 Å². The molecular weight excluding hydrogens is 526 g/mol. The van der Waals surface area contributed by atoms with Crippen LogP contribution in [0.4, 0.5) is 33.7 Å². The highest BCUT2D eigenvalue weighted by molar-refractivity contribution is 6.31. The maximum absolute atomic E-state index is 15.2. The number of hydrogen-bond donors (Lipinski definition) is 3. The van der Waals surface area contributed by atoms with Gasteiger partial charge < -0.3 is 15.6 Å². The molecule has 192 valence electrons. The van der Waals surface area contributed by atoms with Crippen molar-refractivity contribution < 1.29 is 27.2 Å². The van der Waals surface area contributed by atoms with Gasteiger partial charge in [-0.2, -0.15) is 13.2 Å². The summed E-state index contributed by atoms with van der Waals surface area (Å²) in [5, 5.41) is 4.13. The third kappa shape index (κ3) is 4.75. The van der Waals surface area contributed by atoms with E-state index in [-0.39, 0.29) is 16.9 Å². The number of aromatic amines is 1. The van der Waals surface area contributed by atoms with E-state index in [1.54, 1.807) is 18.3 Å². The first-order valence-electron chi connectivity index (χ1n) is 11.0. The number of fused-ring (bicyclic) bond motifs is 1. The molecule has 0 fully saturated rings. The number of hydrogen-bond acceptors (Lipinski definition) is 3. The largest absolute Gasteiger partial charge is 0.417 e. The van der Waals surface area contributed by atoms with Crippen molar-refractivity contribution in [3.05, 3.63) is 88.0 Å². The topological polar surface area (TPSA) is 99.2 Å². The van der Waals surface area contributed by atoms with Gasteiger partial charge in [0, 0.05) is 46.2 Å². The van der Waals surface area contributed by atoms with Crippen LogP contribution in [0.2, 0.25) is 5.02 Å². The predicted octanol–water partition coefficient (Wildman–Crippen LogP) is 7.08. The zero-order valence-electron chi connectivity index (χ0n) is 19.4. The fourth-order valence-corrected chi connectivity index (χ4v) is 4.30. The van der Waals surface area contributed by atoms with E-state index in [0.717, 1.165) is 17.8 Å². The summed E-state index contributed by atoms with van der Waals surface area (Å²) < 4.78 is 54.4. The first kappa shape index (κ1) is 25.2. The Kier molecular flexibility index (Phi) is 6.23. The Morgan fingerprint density at radius 2 is 1.63 bits per heavy atom. The van der Waals surface area contributed by atoms with E-state index in [1.807, 2.05) is 6.92 Å². The molecule has 38 heavy (non-hydrogen) atoms. The van der Waals surface area contributed by atoms with Crippen LogP contribution in [0.1, 0.15) is 27.2 Å². The van der Waals surface area contributed by atoms with E-state index in [1.165, 1.54) is 24.4 Å². The molecule has 3 N–H and O–H groups in total. The molecule has 1 aromatic heterocycles. The van der Waals surface area contributed by atoms with Crippen LogP contribution in [0, 0.1) is 12.7 Å². The first-order chi connectivity index (χ1) is 18.0. The van der Waals surface area contributed by atoms with Gasteiger partial charge in [0.25, 0.3) is 5.91 Å². The van der Waals surface area contributed by atoms with Crippen LogP contribution >= 0.6 is 11.6 Å². The third-order valence-corrected chi connectivity index (χ3v) is 6.10. The zero-order valence-corrected chi connectivity index (χ0v) is 20.1. The SMILES string of the molecule is Cc1cnc(-c2ccc(-c3ccc(NC(=O)Nc4ccc(Cl)c(C(F)(F)F)c4)cc3F)c3c2C(=O)N=C3)[nH]1. The van der Waals surface area contributed by atoms with Crippen LogP contribution in [0.3, 0.4) is 0 Å². The average molecular weight is 542 g/mol. The van der Waals surface area contributed by atoms with Gasteiger partial charge in [0.1, 0.15) is 11.6 Å². The summed E-state index contributed by atoms with van der Waals surface area (Å²) in [5.74, 6) is -0.694. The van der Waals surface area contributed by atoms with Gasteiger partial charge in [-0.3, -0.25) is 4.79 Å². The molecule has 4 aromatic rings. The number of amides is 3. The van der Waals surface area contributed by atoms with Gasteiger partial charge in [0.05, 0.1) is 16.1 Å². The number of carbonyl (C=O) groups excluding carboxylic acids is 2. The predicted molar refractivity (Wildman–Crippen MR) is 135 cm³/mol. The fraction of sp³-hybridized carbons (Fsp3) is 0.0769. The molecule has 2 heterocycles. The Hall–Kier alpha value is -4.51. The van der Waals surface area contributed by atoms with Crippen molar-refractivity contribution in [3.63, 3.8) is 0 Å². The number of rotatable bonds is 4. The lowest BCUT2D eigenvalue weighted by molar-refractivity contribution is -0.137. The standard InChI is InChI=1S/C26H16ClF4N5O2/c1-12-10-32-23(34-12)17-6-5-15(18-11-33-24(37)22(17)18)16-4-2-14(9-21(16)28)36-25(38)35-13-3-7-20(27)19(8-13)26(29,30)31/h2-11H,1H3,(H,32,34)(H2,35,36,38). The highest BCUT2D eigenvalue weighted by Crippen LogP contribution is 2.37. The fourth-order valence-electron chi connectivity index (χ4n) is 4.08. The third-order valence-electron chi connectivity index (χ3n) is 5.78. The van der Waals surface area contributed by atoms with Crippen molar-refractivity contribution in [3.8, 4) is 22.5 Å². The van der Waals surface area contributed by atoms with Crippen LogP contribution in [0.25, 0.3) is 22.5 Å². The van der Waals surface area contributed by atoms with Crippen LogP contribution in [0.5, 0.6) is 0 Å². The molecule has 0 saturated heterocycles. The molecule has 1 aliphatic rings. The Labute approximate surface area is 217 Å². The molecule has 0 unspecified atom stereocenters. The minimum Gasteiger partial charge on any atom is -0.342 e. The van der Waals surface area contributed by atoms with E-state index < -0.39 is 34.5 Å². The summed E-state index contributed by atoms with van der Waals surface area (Å²) >= 11 is 5.59. The van der Waals surface area contributed by atoms with Crippen LogP contribution in [0.15, 0.2) is 59.7 Å². The number of urea groups is 1. The number of H-pyrrole nitrogens is 1. The lowest BCUT2D eigenvalue weighted by atomic mass is 9.92. The molecular formula is C26H16ClF4N5O2. The van der Waals surface area contributed by atoms with Gasteiger partial charge in [0.15, 0.2) is 0 Å². The highest BCUT2D eigenvalue weighted by Gasteiger charge is 2.33. The summed E-state index contributed by atoms with van der Waals surface area (Å²) in [5.41, 5.74) is 1.43. The molecule has 3 amide bonds. The second-order valence-corrected chi connectivity index (χ2v) is 8.80. The number of alkyl halides is 3. The second-order valence-electron chi connectivity index (χ2n) is 8.39. The molecule has 12 heteroatoms. The zero-order chi connectivity index (χ0) is 27.2. The minimum atomic E-state index is -4.70. The van der Waals surface area contributed by atoms with E-state index in [2.05, 4.69) is 25.6 Å². The second kappa shape index (κ2) is 9.42. The average Bonchev–Trinajstić information content (AvgIpc) is 3.45. The molecule has 0 atom stereocenters. The number of anilines is 2. The molecule has 0 bridgehead atoms. The van der Waals surface area contributed by atoms with E-state index in [9.17, 15) is 22.8 Å². The van der Waals surface area contributed by atoms with Crippen LogP contribution < -0.4 is 10.6 Å². The molecule has 0 saturated carbocycles. The van der Waals surface area contributed by atoms with Crippen molar-refractivity contribution in [2.75, 3.05) is 10.6 Å². The Morgan fingerprint density at radius 3 is 2.29 bits per heavy atom. The van der Waals surface area contributed by atoms with Crippen molar-refractivity contribution in [1.82, 2.24) is 9.97 Å². The molecule has 1 aliphatic heterocycles. The number of halogens is 5. The van der Waals surface area contributed by atoms with Crippen LogP contribution in [-0.4, -0.2) is 28.1 Å². The number of nitrogens with zero attached hydrogens (tertiary/aromatic N) is 2. The number of aliphatic imine (C=N–C) groups is 1. The van der Waals surface area contributed by atoms with E-state index in [4.69, 9.17) is 11.6 Å². The lowest BCUT2D eigenvalue weighted by Gasteiger charge is -2.14. The van der Waals surface area contributed by atoms with Gasteiger partial charge in [-0.15, -0.1) is 0 Å². The molecule has 5 rings (SSSR count). The van der Waals surface area contributed by atoms with Crippen molar-refractivity contribution in [2.24, 2.45) is 4.99 Å². The molecule has 0 radical (unpaired) electrons. The lowest BCUT2D eigenvalue weighted by Crippen LogP contribution is -2.20. The number of aromatic nitrogens is 2. The van der Waals surface area contributed by atoms with E-state index in [0.29, 0.717) is 34.1 Å². The van der Waals surface area contributed by atoms with Gasteiger partial charge in [-0.1, -0.05) is 17.7 Å². The number of benzene rings is 3.